The van der Waals surface area contributed by atoms with Crippen LogP contribution in [-0.2, 0) is 9.53 Å². The number of allylic oxidation sites excluding steroid dienone is 1. The van der Waals surface area contributed by atoms with Crippen molar-refractivity contribution in [2.24, 2.45) is 22.7 Å². The standard InChI is InChI=1S/C15H21F3O2Si/c1-9(19)20-11-7-12-13(8-21(2,3)4)10(11)5-6-14(12,13)15(16,17)18/h5-6,10-12H,7-8H2,1-4H3/t10?,11-,12?,13-,14?/m1/s1. The fourth-order valence-electron chi connectivity index (χ4n) is 5.26. The molecule has 3 unspecified atom stereocenters. The highest BCUT2D eigenvalue weighted by atomic mass is 28.3. The summed E-state index contributed by atoms with van der Waals surface area (Å²) in [6.45, 7) is 7.66. The van der Waals surface area contributed by atoms with Gasteiger partial charge in [0.15, 0.2) is 0 Å². The van der Waals surface area contributed by atoms with Crippen LogP contribution >= 0.6 is 0 Å². The fraction of sp³-hybridized carbons (Fsp3) is 0.800. The van der Waals surface area contributed by atoms with Crippen LogP contribution in [-0.4, -0.2) is 26.3 Å². The molecular weight excluding hydrogens is 297 g/mol. The lowest BCUT2D eigenvalue weighted by Gasteiger charge is -2.33. The van der Waals surface area contributed by atoms with E-state index in [4.69, 9.17) is 4.74 Å². The molecule has 6 heteroatoms. The molecule has 0 amide bonds. The summed E-state index contributed by atoms with van der Waals surface area (Å²) < 4.78 is 46.4. The number of alkyl halides is 3. The van der Waals surface area contributed by atoms with Gasteiger partial charge >= 0.3 is 12.1 Å². The van der Waals surface area contributed by atoms with Crippen molar-refractivity contribution in [3.63, 3.8) is 0 Å². The van der Waals surface area contributed by atoms with E-state index in [-0.39, 0.29) is 12.0 Å². The van der Waals surface area contributed by atoms with Crippen LogP contribution in [0.1, 0.15) is 13.3 Å². The van der Waals surface area contributed by atoms with Gasteiger partial charge in [0.05, 0.1) is 5.41 Å². The van der Waals surface area contributed by atoms with Crippen molar-refractivity contribution in [2.45, 2.75) is 51.3 Å². The highest BCUT2D eigenvalue weighted by molar-refractivity contribution is 6.76. The van der Waals surface area contributed by atoms with Crippen LogP contribution in [0.5, 0.6) is 0 Å². The molecule has 0 aromatic heterocycles. The van der Waals surface area contributed by atoms with Crippen molar-refractivity contribution in [2.75, 3.05) is 0 Å². The zero-order valence-corrected chi connectivity index (χ0v) is 13.8. The fourth-order valence-corrected chi connectivity index (χ4v) is 7.79. The Bertz CT molecular complexity index is 522. The molecule has 0 saturated heterocycles. The Kier molecular flexibility index (Phi) is 2.84. The number of fused-ring (bicyclic) bond motifs is 1. The first-order chi connectivity index (χ1) is 9.46. The van der Waals surface area contributed by atoms with Crippen molar-refractivity contribution in [3.8, 4) is 0 Å². The number of carbonyl (C=O) groups excluding carboxylic acids is 1. The second-order valence-corrected chi connectivity index (χ2v) is 13.4. The number of hydrogen-bond donors (Lipinski definition) is 0. The normalized spacial score (nSPS) is 43.9. The van der Waals surface area contributed by atoms with Crippen molar-refractivity contribution < 1.29 is 22.7 Å². The van der Waals surface area contributed by atoms with Gasteiger partial charge in [0.25, 0.3) is 0 Å². The maximum Gasteiger partial charge on any atom is 0.398 e. The minimum absolute atomic E-state index is 0.264. The summed E-state index contributed by atoms with van der Waals surface area (Å²) in [4.78, 5) is 11.2. The zero-order valence-electron chi connectivity index (χ0n) is 12.8. The van der Waals surface area contributed by atoms with E-state index < -0.39 is 37.0 Å². The number of carbonyl (C=O) groups is 1. The van der Waals surface area contributed by atoms with Gasteiger partial charge < -0.3 is 4.74 Å². The van der Waals surface area contributed by atoms with Crippen LogP contribution < -0.4 is 0 Å². The predicted octanol–water partition coefficient (Wildman–Crippen LogP) is 4.01. The van der Waals surface area contributed by atoms with E-state index in [1.54, 1.807) is 6.08 Å². The predicted molar refractivity (Wildman–Crippen MR) is 75.4 cm³/mol. The van der Waals surface area contributed by atoms with Crippen LogP contribution in [0.15, 0.2) is 12.2 Å². The summed E-state index contributed by atoms with van der Waals surface area (Å²) in [7, 11) is -1.67. The van der Waals surface area contributed by atoms with E-state index in [1.165, 1.54) is 13.0 Å². The third kappa shape index (κ3) is 1.74. The molecular formula is C15H21F3O2Si. The van der Waals surface area contributed by atoms with Crippen molar-refractivity contribution in [3.05, 3.63) is 12.2 Å². The Morgan fingerprint density at radius 2 is 2.00 bits per heavy atom. The Labute approximate surface area is 123 Å². The topological polar surface area (TPSA) is 26.3 Å². The highest BCUT2D eigenvalue weighted by Crippen LogP contribution is 2.89. The number of hydrogen-bond acceptors (Lipinski definition) is 2. The summed E-state index contributed by atoms with van der Waals surface area (Å²) in [6.07, 6.45) is -1.18. The number of ether oxygens (including phenoxy) is 1. The Balaban J connectivity index is 1.97. The summed E-state index contributed by atoms with van der Waals surface area (Å²) in [5.74, 6) is -1.07. The molecule has 0 radical (unpaired) electrons. The third-order valence-electron chi connectivity index (χ3n) is 5.50. The van der Waals surface area contributed by atoms with Crippen LogP contribution in [0, 0.1) is 22.7 Å². The lowest BCUT2D eigenvalue weighted by atomic mass is 9.86. The van der Waals surface area contributed by atoms with E-state index in [0.717, 1.165) is 0 Å². The summed E-state index contributed by atoms with van der Waals surface area (Å²) in [5.41, 5.74) is -2.39. The minimum atomic E-state index is -4.20. The lowest BCUT2D eigenvalue weighted by molar-refractivity contribution is -0.190. The number of rotatable bonds is 3. The van der Waals surface area contributed by atoms with E-state index in [0.29, 0.717) is 12.5 Å². The first kappa shape index (κ1) is 15.1. The molecule has 2 saturated carbocycles. The molecule has 21 heavy (non-hydrogen) atoms. The Morgan fingerprint density at radius 3 is 2.48 bits per heavy atom. The quantitative estimate of drug-likeness (QED) is 0.446. The molecule has 3 aliphatic carbocycles. The monoisotopic (exact) mass is 318 g/mol. The molecule has 2 fully saturated rings. The van der Waals surface area contributed by atoms with Crippen LogP contribution in [0.3, 0.4) is 0 Å². The van der Waals surface area contributed by atoms with Crippen LogP contribution in [0.4, 0.5) is 13.2 Å². The summed E-state index contributed by atoms with van der Waals surface area (Å²) >= 11 is 0. The number of esters is 1. The average Bonchev–Trinajstić information content (AvgIpc) is 2.51. The smallest absolute Gasteiger partial charge is 0.398 e. The van der Waals surface area contributed by atoms with Crippen LogP contribution in [0.25, 0.3) is 0 Å². The van der Waals surface area contributed by atoms with Gasteiger partial charge in [-0.2, -0.15) is 13.2 Å². The molecule has 0 heterocycles. The van der Waals surface area contributed by atoms with Gasteiger partial charge in [0, 0.05) is 20.9 Å². The molecule has 0 aromatic rings. The van der Waals surface area contributed by atoms with Gasteiger partial charge in [-0.15, -0.1) is 0 Å². The average molecular weight is 318 g/mol. The van der Waals surface area contributed by atoms with Gasteiger partial charge in [-0.1, -0.05) is 31.8 Å². The molecule has 0 aliphatic heterocycles. The second-order valence-electron chi connectivity index (χ2n) is 7.97. The molecule has 0 bridgehead atoms. The van der Waals surface area contributed by atoms with Crippen molar-refractivity contribution >= 4 is 14.0 Å². The Hall–Kier alpha value is -0.783. The molecule has 5 atom stereocenters. The van der Waals surface area contributed by atoms with Gasteiger partial charge in [-0.3, -0.25) is 4.79 Å². The summed E-state index contributed by atoms with van der Waals surface area (Å²) in [5, 5.41) is 0. The molecule has 3 rings (SSSR count). The molecule has 118 valence electrons. The molecule has 0 spiro atoms. The van der Waals surface area contributed by atoms with E-state index >= 15 is 0 Å². The highest BCUT2D eigenvalue weighted by Gasteiger charge is 2.92. The maximum atomic E-state index is 13.7. The lowest BCUT2D eigenvalue weighted by Crippen LogP contribution is -2.38. The minimum Gasteiger partial charge on any atom is -0.462 e. The van der Waals surface area contributed by atoms with E-state index in [9.17, 15) is 18.0 Å². The zero-order chi connectivity index (χ0) is 15.8. The first-order valence-electron chi connectivity index (χ1n) is 7.39. The Morgan fingerprint density at radius 1 is 1.38 bits per heavy atom. The molecule has 0 aromatic carbocycles. The van der Waals surface area contributed by atoms with Crippen LogP contribution in [0.2, 0.25) is 25.7 Å². The SMILES string of the molecule is CC(=O)O[C@@H]1CC2C3(C(F)(F)F)C=CC1[C@]23C[Si](C)(C)C. The largest absolute Gasteiger partial charge is 0.462 e. The second kappa shape index (κ2) is 3.94. The molecule has 0 N–H and O–H groups in total. The molecule has 3 aliphatic rings. The van der Waals surface area contributed by atoms with E-state index in [2.05, 4.69) is 19.6 Å². The first-order valence-corrected chi connectivity index (χ1v) is 11.1. The van der Waals surface area contributed by atoms with Gasteiger partial charge in [-0.05, 0) is 23.8 Å². The third-order valence-corrected chi connectivity index (χ3v) is 7.14. The summed E-state index contributed by atoms with van der Waals surface area (Å²) in [6, 6.07) is 0.639. The van der Waals surface area contributed by atoms with Crippen molar-refractivity contribution in [1.82, 2.24) is 0 Å². The molecule has 2 nitrogen and oxygen atoms in total. The number of halogens is 3. The van der Waals surface area contributed by atoms with E-state index in [1.807, 2.05) is 0 Å². The van der Waals surface area contributed by atoms with Gasteiger partial charge in [0.2, 0.25) is 0 Å². The maximum absolute atomic E-state index is 13.7. The van der Waals surface area contributed by atoms with Gasteiger partial charge in [0.1, 0.15) is 6.10 Å². The van der Waals surface area contributed by atoms with Crippen molar-refractivity contribution in [1.29, 1.82) is 0 Å². The van der Waals surface area contributed by atoms with Gasteiger partial charge in [-0.25, -0.2) is 0 Å².